The fourth-order valence-electron chi connectivity index (χ4n) is 4.27. The third-order valence-electron chi connectivity index (χ3n) is 5.58. The molecule has 0 bridgehead atoms. The van der Waals surface area contributed by atoms with Crippen LogP contribution in [0.25, 0.3) is 21.5 Å². The first-order valence-corrected chi connectivity index (χ1v) is 11.5. The Bertz CT molecular complexity index is 1080. The molecule has 1 aliphatic heterocycles. The summed E-state index contributed by atoms with van der Waals surface area (Å²) < 4.78 is 0. The van der Waals surface area contributed by atoms with E-state index >= 15 is 0 Å². The molecule has 4 aromatic carbocycles. The van der Waals surface area contributed by atoms with Crippen molar-refractivity contribution in [1.82, 2.24) is 0 Å². The van der Waals surface area contributed by atoms with Gasteiger partial charge in [0.05, 0.1) is 9.52 Å². The van der Waals surface area contributed by atoms with E-state index in [9.17, 15) is 0 Å². The average molecular weight is 387 g/mol. The summed E-state index contributed by atoms with van der Waals surface area (Å²) in [7, 11) is -0.649. The van der Waals surface area contributed by atoms with Gasteiger partial charge in [0.2, 0.25) is 0 Å². The second-order valence-corrected chi connectivity index (χ2v) is 9.12. The van der Waals surface area contributed by atoms with Gasteiger partial charge in [-0.15, -0.1) is 0 Å². The summed E-state index contributed by atoms with van der Waals surface area (Å²) >= 11 is 0. The van der Waals surface area contributed by atoms with Crippen LogP contribution in [0.1, 0.15) is 22.3 Å². The van der Waals surface area contributed by atoms with Gasteiger partial charge in [-0.25, -0.2) is 0 Å². The molecule has 0 aromatic heterocycles. The van der Waals surface area contributed by atoms with E-state index in [1.54, 1.807) is 0 Å². The predicted molar refractivity (Wildman–Crippen MR) is 128 cm³/mol. The summed E-state index contributed by atoms with van der Waals surface area (Å²) in [6.45, 7) is 0. The molecule has 4 aromatic rings. The normalized spacial score (nSPS) is 13.8. The molecule has 0 amide bonds. The molecule has 0 fully saturated rings. The molecule has 1 heterocycles. The van der Waals surface area contributed by atoms with Gasteiger partial charge in [0.1, 0.15) is 0 Å². The van der Waals surface area contributed by atoms with Gasteiger partial charge in [0, 0.05) is 0 Å². The van der Waals surface area contributed by atoms with Crippen LogP contribution in [0, 0.1) is 0 Å². The molecule has 1 heteroatoms. The van der Waals surface area contributed by atoms with Crippen molar-refractivity contribution in [3.63, 3.8) is 0 Å². The van der Waals surface area contributed by atoms with Gasteiger partial charge in [-0.05, 0) is 43.8 Å². The smallest absolute Gasteiger partial charge is 0.0622 e. The van der Waals surface area contributed by atoms with E-state index < -0.39 is 9.52 Å². The second-order valence-electron chi connectivity index (χ2n) is 7.35. The Balaban J connectivity index is 1.81. The molecule has 0 nitrogen and oxygen atoms in total. The van der Waals surface area contributed by atoms with Crippen molar-refractivity contribution in [3.05, 3.63) is 144 Å². The van der Waals surface area contributed by atoms with Gasteiger partial charge in [0.25, 0.3) is 0 Å². The highest BCUT2D eigenvalue weighted by Gasteiger charge is 2.28. The molecule has 0 atom stereocenters. The van der Waals surface area contributed by atoms with Crippen LogP contribution in [-0.2, 0) is 0 Å². The number of allylic oxidation sites excluding steroid dienone is 2. The maximum Gasteiger partial charge on any atom is 0.0907 e. The van der Waals surface area contributed by atoms with Crippen LogP contribution in [0.2, 0.25) is 0 Å². The van der Waals surface area contributed by atoms with Gasteiger partial charge in [0.15, 0.2) is 0 Å². The highest BCUT2D eigenvalue weighted by molar-refractivity contribution is 6.87. The summed E-state index contributed by atoms with van der Waals surface area (Å²) in [6.07, 6.45) is 0. The molecule has 0 saturated heterocycles. The summed E-state index contributed by atoms with van der Waals surface area (Å²) in [5.74, 6) is 0. The van der Waals surface area contributed by atoms with Crippen molar-refractivity contribution in [1.29, 1.82) is 0 Å². The molecule has 29 heavy (non-hydrogen) atoms. The van der Waals surface area contributed by atoms with Gasteiger partial charge >= 0.3 is 0 Å². The molecular weight excluding hydrogens is 364 g/mol. The molecule has 0 saturated carbocycles. The van der Waals surface area contributed by atoms with E-state index in [0.717, 1.165) is 0 Å². The first-order chi connectivity index (χ1) is 14.4. The Morgan fingerprint density at radius 2 is 0.586 bits per heavy atom. The molecular formula is C28H22Si. The maximum absolute atomic E-state index is 2.27. The van der Waals surface area contributed by atoms with Crippen molar-refractivity contribution in [2.75, 3.05) is 0 Å². The Labute approximate surface area is 174 Å². The minimum absolute atomic E-state index is 0.649. The minimum atomic E-state index is -0.649. The third kappa shape index (κ3) is 3.41. The number of hydrogen-bond acceptors (Lipinski definition) is 0. The fraction of sp³-hybridized carbons (Fsp3) is 0. The summed E-state index contributed by atoms with van der Waals surface area (Å²) in [5, 5.41) is 3.07. The molecule has 0 N–H and O–H groups in total. The van der Waals surface area contributed by atoms with Crippen molar-refractivity contribution in [2.45, 2.75) is 0 Å². The first-order valence-electron chi connectivity index (χ1n) is 10.1. The molecule has 5 rings (SSSR count). The van der Waals surface area contributed by atoms with Crippen LogP contribution >= 0.6 is 0 Å². The van der Waals surface area contributed by atoms with E-state index in [2.05, 4.69) is 121 Å². The zero-order valence-electron chi connectivity index (χ0n) is 16.3. The third-order valence-corrected chi connectivity index (χ3v) is 7.81. The Hall–Kier alpha value is -3.42. The van der Waals surface area contributed by atoms with E-state index in [-0.39, 0.29) is 0 Å². The molecule has 0 spiro atoms. The SMILES string of the molecule is c1ccc(C2=C(c3ccccc3)C(c3ccccc3)=C(c3ccccc3)[SiH2]2)cc1. The van der Waals surface area contributed by atoms with Crippen molar-refractivity contribution in [3.8, 4) is 0 Å². The topological polar surface area (TPSA) is 0 Å². The molecule has 0 radical (unpaired) electrons. The Morgan fingerprint density at radius 1 is 0.310 bits per heavy atom. The van der Waals surface area contributed by atoms with Crippen molar-refractivity contribution < 1.29 is 0 Å². The molecule has 0 unspecified atom stereocenters. The lowest BCUT2D eigenvalue weighted by Crippen LogP contribution is -1.96. The molecule has 0 aliphatic carbocycles. The highest BCUT2D eigenvalue weighted by atomic mass is 28.2. The molecule has 138 valence electrons. The lowest BCUT2D eigenvalue weighted by Gasteiger charge is -2.15. The van der Waals surface area contributed by atoms with Gasteiger partial charge < -0.3 is 0 Å². The van der Waals surface area contributed by atoms with Crippen LogP contribution in [0.15, 0.2) is 121 Å². The average Bonchev–Trinajstić information content (AvgIpc) is 3.22. The van der Waals surface area contributed by atoms with E-state index in [4.69, 9.17) is 0 Å². The largest absolute Gasteiger partial charge is 0.0907 e. The van der Waals surface area contributed by atoms with Crippen LogP contribution < -0.4 is 0 Å². The summed E-state index contributed by atoms with van der Waals surface area (Å²) in [6, 6.07) is 43.7. The Kier molecular flexibility index (Phi) is 4.81. The van der Waals surface area contributed by atoms with E-state index in [1.165, 1.54) is 43.8 Å². The van der Waals surface area contributed by atoms with Gasteiger partial charge in [-0.3, -0.25) is 0 Å². The number of hydrogen-bond donors (Lipinski definition) is 0. The quantitative estimate of drug-likeness (QED) is 0.361. The fourth-order valence-corrected chi connectivity index (χ4v) is 6.62. The van der Waals surface area contributed by atoms with Crippen LogP contribution in [-0.4, -0.2) is 9.52 Å². The van der Waals surface area contributed by atoms with E-state index in [1.807, 2.05) is 0 Å². The summed E-state index contributed by atoms with van der Waals surface area (Å²) in [4.78, 5) is 0. The number of benzene rings is 4. The lowest BCUT2D eigenvalue weighted by atomic mass is 9.89. The van der Waals surface area contributed by atoms with Crippen LogP contribution in [0.4, 0.5) is 0 Å². The summed E-state index contributed by atoms with van der Waals surface area (Å²) in [5.41, 5.74) is 8.16. The zero-order chi connectivity index (χ0) is 19.5. The van der Waals surface area contributed by atoms with Crippen LogP contribution in [0.3, 0.4) is 0 Å². The lowest BCUT2D eigenvalue weighted by molar-refractivity contribution is 1.58. The monoisotopic (exact) mass is 386 g/mol. The van der Waals surface area contributed by atoms with Crippen LogP contribution in [0.5, 0.6) is 0 Å². The second kappa shape index (κ2) is 7.90. The van der Waals surface area contributed by atoms with Crippen molar-refractivity contribution >= 4 is 31.1 Å². The van der Waals surface area contributed by atoms with Gasteiger partial charge in [-0.1, -0.05) is 121 Å². The standard InChI is InChI=1S/C28H22Si/c1-5-13-21(14-6-1)25-26(22-15-7-2-8-16-22)28(24-19-11-4-12-20-24)29-27(25)23-17-9-3-10-18-23/h1-20H,29H2. The van der Waals surface area contributed by atoms with E-state index in [0.29, 0.717) is 0 Å². The Morgan fingerprint density at radius 3 is 0.897 bits per heavy atom. The predicted octanol–water partition coefficient (Wildman–Crippen LogP) is 6.31. The zero-order valence-corrected chi connectivity index (χ0v) is 17.7. The minimum Gasteiger partial charge on any atom is -0.0622 e. The molecule has 1 aliphatic rings. The van der Waals surface area contributed by atoms with Gasteiger partial charge in [-0.2, -0.15) is 0 Å². The first kappa shape index (κ1) is 17.7. The van der Waals surface area contributed by atoms with Crippen molar-refractivity contribution in [2.24, 2.45) is 0 Å². The highest BCUT2D eigenvalue weighted by Crippen LogP contribution is 2.47. The maximum atomic E-state index is 2.27. The number of rotatable bonds is 4.